The molecular formula is C19H22N8O3. The number of aromatic amines is 1. The number of aryl methyl sites for hydroxylation is 3. The standard InChI is InChI=1S/C19H22N8O3/c1-12-10-15(23-18(30)17(29)21-6-3-8-26-9-7-20-11-26)27(25-12)19-22-14-5-2-4-13(14)16(28)24-19/h7,9-11H,2-6,8H2,1H3,(H,21,29)(H,23,30)(H,22,24,28). The molecule has 156 valence electrons. The van der Waals surface area contributed by atoms with E-state index in [1.807, 2.05) is 10.8 Å². The van der Waals surface area contributed by atoms with Crippen LogP contribution in [0.4, 0.5) is 5.82 Å². The molecule has 11 nitrogen and oxygen atoms in total. The normalized spacial score (nSPS) is 12.6. The van der Waals surface area contributed by atoms with Crippen LogP contribution in [0.3, 0.4) is 0 Å². The number of nitrogens with one attached hydrogen (secondary N) is 3. The van der Waals surface area contributed by atoms with Crippen molar-refractivity contribution in [3.05, 3.63) is 52.1 Å². The van der Waals surface area contributed by atoms with Gasteiger partial charge in [0.15, 0.2) is 0 Å². The van der Waals surface area contributed by atoms with E-state index in [9.17, 15) is 14.4 Å². The first-order chi connectivity index (χ1) is 14.5. The van der Waals surface area contributed by atoms with E-state index in [-0.39, 0.29) is 17.3 Å². The van der Waals surface area contributed by atoms with E-state index in [0.717, 1.165) is 18.5 Å². The van der Waals surface area contributed by atoms with Gasteiger partial charge < -0.3 is 15.2 Å². The molecule has 0 bridgehead atoms. The molecule has 0 atom stereocenters. The van der Waals surface area contributed by atoms with E-state index in [0.29, 0.717) is 37.2 Å². The summed E-state index contributed by atoms with van der Waals surface area (Å²) in [4.78, 5) is 47.9. The summed E-state index contributed by atoms with van der Waals surface area (Å²) in [6.07, 6.45) is 8.19. The van der Waals surface area contributed by atoms with Crippen molar-refractivity contribution >= 4 is 17.6 Å². The summed E-state index contributed by atoms with van der Waals surface area (Å²) >= 11 is 0. The lowest BCUT2D eigenvalue weighted by Gasteiger charge is -2.09. The quantitative estimate of drug-likeness (QED) is 0.389. The average molecular weight is 410 g/mol. The van der Waals surface area contributed by atoms with Gasteiger partial charge in [-0.1, -0.05) is 0 Å². The largest absolute Gasteiger partial charge is 0.348 e. The molecule has 0 spiro atoms. The van der Waals surface area contributed by atoms with Crippen molar-refractivity contribution in [1.82, 2.24) is 34.6 Å². The van der Waals surface area contributed by atoms with Crippen molar-refractivity contribution in [2.45, 2.75) is 39.2 Å². The molecule has 1 aliphatic carbocycles. The molecule has 0 fully saturated rings. The highest BCUT2D eigenvalue weighted by Gasteiger charge is 2.21. The third-order valence-corrected chi connectivity index (χ3v) is 4.85. The fourth-order valence-electron chi connectivity index (χ4n) is 3.41. The Balaban J connectivity index is 1.41. The van der Waals surface area contributed by atoms with E-state index in [1.165, 1.54) is 4.68 Å². The van der Waals surface area contributed by atoms with Crippen molar-refractivity contribution in [3.8, 4) is 5.95 Å². The number of aromatic nitrogens is 6. The molecule has 3 heterocycles. The Kier molecular flexibility index (Phi) is 5.42. The molecule has 1 aliphatic rings. The predicted octanol–water partition coefficient (Wildman–Crippen LogP) is 0.0942. The highest BCUT2D eigenvalue weighted by Crippen LogP contribution is 2.19. The number of rotatable bonds is 6. The fraction of sp³-hybridized carbons (Fsp3) is 0.368. The van der Waals surface area contributed by atoms with Gasteiger partial charge in [-0.25, -0.2) is 9.97 Å². The molecule has 4 rings (SSSR count). The van der Waals surface area contributed by atoms with E-state index in [1.54, 1.807) is 25.5 Å². The topological polar surface area (TPSA) is 140 Å². The number of hydrogen-bond acceptors (Lipinski definition) is 6. The van der Waals surface area contributed by atoms with Crippen LogP contribution in [-0.4, -0.2) is 47.7 Å². The lowest BCUT2D eigenvalue weighted by atomic mass is 10.3. The Bertz CT molecular complexity index is 1130. The minimum Gasteiger partial charge on any atom is -0.348 e. The SMILES string of the molecule is Cc1cc(NC(=O)C(=O)NCCCn2ccnc2)n(-c2nc3c(c(=O)[nH]2)CCC3)n1. The number of fused-ring (bicyclic) bond motifs is 1. The van der Waals surface area contributed by atoms with E-state index >= 15 is 0 Å². The lowest BCUT2D eigenvalue weighted by Crippen LogP contribution is -2.36. The Morgan fingerprint density at radius 3 is 2.93 bits per heavy atom. The van der Waals surface area contributed by atoms with Gasteiger partial charge in [0.05, 0.1) is 17.7 Å². The first-order valence-electron chi connectivity index (χ1n) is 9.75. The van der Waals surface area contributed by atoms with Crippen LogP contribution < -0.4 is 16.2 Å². The highest BCUT2D eigenvalue weighted by molar-refractivity contribution is 6.39. The van der Waals surface area contributed by atoms with Crippen LogP contribution in [0.25, 0.3) is 5.95 Å². The lowest BCUT2D eigenvalue weighted by molar-refractivity contribution is -0.136. The van der Waals surface area contributed by atoms with E-state index in [2.05, 4.69) is 30.7 Å². The summed E-state index contributed by atoms with van der Waals surface area (Å²) in [7, 11) is 0. The van der Waals surface area contributed by atoms with Crippen LogP contribution in [0.5, 0.6) is 0 Å². The van der Waals surface area contributed by atoms with Gasteiger partial charge in [-0.15, -0.1) is 0 Å². The molecule has 0 saturated heterocycles. The highest BCUT2D eigenvalue weighted by atomic mass is 16.2. The van der Waals surface area contributed by atoms with Gasteiger partial charge in [0, 0.05) is 37.1 Å². The number of imidazole rings is 1. The Morgan fingerprint density at radius 2 is 2.13 bits per heavy atom. The van der Waals surface area contributed by atoms with Gasteiger partial charge >= 0.3 is 11.8 Å². The molecule has 0 aliphatic heterocycles. The zero-order chi connectivity index (χ0) is 21.1. The predicted molar refractivity (Wildman–Crippen MR) is 107 cm³/mol. The molecule has 3 aromatic rings. The van der Waals surface area contributed by atoms with Crippen LogP contribution >= 0.6 is 0 Å². The molecule has 0 unspecified atom stereocenters. The molecule has 3 N–H and O–H groups in total. The minimum atomic E-state index is -0.817. The van der Waals surface area contributed by atoms with E-state index in [4.69, 9.17) is 0 Å². The molecule has 3 aromatic heterocycles. The summed E-state index contributed by atoms with van der Waals surface area (Å²) in [6.45, 7) is 2.78. The third kappa shape index (κ3) is 4.14. The van der Waals surface area contributed by atoms with Crippen molar-refractivity contribution in [2.24, 2.45) is 0 Å². The number of amides is 2. The number of nitrogens with zero attached hydrogens (tertiary/aromatic N) is 5. The molecule has 2 amide bonds. The Hall–Kier alpha value is -3.76. The molecule has 0 radical (unpaired) electrons. The minimum absolute atomic E-state index is 0.200. The maximum Gasteiger partial charge on any atom is 0.314 e. The van der Waals surface area contributed by atoms with Gasteiger partial charge in [-0.3, -0.25) is 19.4 Å². The number of carbonyl (C=O) groups excluding carboxylic acids is 2. The summed E-state index contributed by atoms with van der Waals surface area (Å²) in [5.41, 5.74) is 1.85. The Morgan fingerprint density at radius 1 is 1.27 bits per heavy atom. The second kappa shape index (κ2) is 8.31. The van der Waals surface area contributed by atoms with Crippen LogP contribution in [-0.2, 0) is 29.0 Å². The van der Waals surface area contributed by atoms with Crippen LogP contribution in [0, 0.1) is 6.92 Å². The first-order valence-corrected chi connectivity index (χ1v) is 9.75. The second-order valence-corrected chi connectivity index (χ2v) is 7.12. The number of carbonyl (C=O) groups is 2. The average Bonchev–Trinajstić information content (AvgIpc) is 3.46. The van der Waals surface area contributed by atoms with Crippen LogP contribution in [0.2, 0.25) is 0 Å². The van der Waals surface area contributed by atoms with Gasteiger partial charge in [0.25, 0.3) is 5.56 Å². The maximum absolute atomic E-state index is 12.3. The third-order valence-electron chi connectivity index (χ3n) is 4.85. The summed E-state index contributed by atoms with van der Waals surface area (Å²) in [6, 6.07) is 1.61. The number of hydrogen-bond donors (Lipinski definition) is 3. The van der Waals surface area contributed by atoms with Crippen molar-refractivity contribution in [3.63, 3.8) is 0 Å². The number of anilines is 1. The monoisotopic (exact) mass is 410 g/mol. The van der Waals surface area contributed by atoms with Gasteiger partial charge in [0.2, 0.25) is 5.95 Å². The van der Waals surface area contributed by atoms with E-state index < -0.39 is 11.8 Å². The molecule has 0 saturated carbocycles. The summed E-state index contributed by atoms with van der Waals surface area (Å²) < 4.78 is 3.22. The zero-order valence-electron chi connectivity index (χ0n) is 16.5. The van der Waals surface area contributed by atoms with Crippen LogP contribution in [0.1, 0.15) is 29.8 Å². The van der Waals surface area contributed by atoms with Crippen molar-refractivity contribution in [2.75, 3.05) is 11.9 Å². The maximum atomic E-state index is 12.3. The number of H-pyrrole nitrogens is 1. The fourth-order valence-corrected chi connectivity index (χ4v) is 3.41. The molecule has 11 heteroatoms. The van der Waals surface area contributed by atoms with Gasteiger partial charge in [-0.2, -0.15) is 9.78 Å². The molecular weight excluding hydrogens is 388 g/mol. The molecule has 30 heavy (non-hydrogen) atoms. The van der Waals surface area contributed by atoms with Crippen molar-refractivity contribution < 1.29 is 9.59 Å². The summed E-state index contributed by atoms with van der Waals surface area (Å²) in [5, 5.41) is 9.42. The summed E-state index contributed by atoms with van der Waals surface area (Å²) in [5.74, 6) is -1.10. The van der Waals surface area contributed by atoms with Gasteiger partial charge in [-0.05, 0) is 32.6 Å². The smallest absolute Gasteiger partial charge is 0.314 e. The second-order valence-electron chi connectivity index (χ2n) is 7.12. The zero-order valence-corrected chi connectivity index (χ0v) is 16.5. The van der Waals surface area contributed by atoms with Gasteiger partial charge in [0.1, 0.15) is 5.82 Å². The van der Waals surface area contributed by atoms with Crippen molar-refractivity contribution in [1.29, 1.82) is 0 Å². The van der Waals surface area contributed by atoms with Crippen LogP contribution in [0.15, 0.2) is 29.6 Å². The molecule has 0 aromatic carbocycles. The Labute approximate surface area is 171 Å². The first kappa shape index (κ1) is 19.6.